The highest BCUT2D eigenvalue weighted by Crippen LogP contribution is 2.11. The molecule has 1 aromatic heterocycles. The second-order valence-electron chi connectivity index (χ2n) is 3.95. The van der Waals surface area contributed by atoms with E-state index in [4.69, 9.17) is 9.15 Å². The second kappa shape index (κ2) is 7.73. The van der Waals surface area contributed by atoms with Gasteiger partial charge in [0.15, 0.2) is 0 Å². The lowest BCUT2D eigenvalue weighted by Gasteiger charge is -2.17. The third kappa shape index (κ3) is 4.77. The average molecular weight is 256 g/mol. The number of carbonyl (C=O) groups is 1. The molecule has 1 rings (SSSR count). The number of urea groups is 1. The van der Waals surface area contributed by atoms with Gasteiger partial charge in [0.05, 0.1) is 25.5 Å². The number of rotatable bonds is 7. The molecule has 2 atom stereocenters. The first-order chi connectivity index (χ1) is 8.67. The van der Waals surface area contributed by atoms with Crippen LogP contribution in [0.4, 0.5) is 4.79 Å². The zero-order chi connectivity index (χ0) is 13.4. The van der Waals surface area contributed by atoms with E-state index in [2.05, 4.69) is 10.6 Å². The van der Waals surface area contributed by atoms with Crippen molar-refractivity contribution in [3.05, 3.63) is 24.2 Å². The highest BCUT2D eigenvalue weighted by molar-refractivity contribution is 5.74. The summed E-state index contributed by atoms with van der Waals surface area (Å²) in [5.74, 6) is 0.430. The van der Waals surface area contributed by atoms with Gasteiger partial charge < -0.3 is 24.9 Å². The maximum atomic E-state index is 11.5. The summed E-state index contributed by atoms with van der Waals surface area (Å²) in [6.07, 6.45) is 1.42. The first kappa shape index (κ1) is 14.5. The fourth-order valence-electron chi connectivity index (χ4n) is 1.47. The van der Waals surface area contributed by atoms with Crippen LogP contribution in [0.15, 0.2) is 22.8 Å². The number of carbonyl (C=O) groups excluding carboxylic acids is 1. The quantitative estimate of drug-likeness (QED) is 0.680. The minimum Gasteiger partial charge on any atom is -0.467 e. The van der Waals surface area contributed by atoms with Crippen molar-refractivity contribution in [2.75, 3.05) is 20.3 Å². The molecule has 6 nitrogen and oxygen atoms in total. The molecule has 6 heteroatoms. The van der Waals surface area contributed by atoms with Gasteiger partial charge >= 0.3 is 6.03 Å². The van der Waals surface area contributed by atoms with Crippen LogP contribution >= 0.6 is 0 Å². The smallest absolute Gasteiger partial charge is 0.315 e. The monoisotopic (exact) mass is 256 g/mol. The van der Waals surface area contributed by atoms with Crippen LogP contribution < -0.4 is 10.6 Å². The predicted molar refractivity (Wildman–Crippen MR) is 66.2 cm³/mol. The number of aliphatic hydroxyl groups is 1. The summed E-state index contributed by atoms with van der Waals surface area (Å²) in [7, 11) is 1.59. The zero-order valence-electron chi connectivity index (χ0n) is 10.7. The lowest BCUT2D eigenvalue weighted by Crippen LogP contribution is -2.44. The van der Waals surface area contributed by atoms with Gasteiger partial charge in [0.1, 0.15) is 11.9 Å². The fourth-order valence-corrected chi connectivity index (χ4v) is 1.47. The van der Waals surface area contributed by atoms with E-state index < -0.39 is 6.10 Å². The van der Waals surface area contributed by atoms with E-state index >= 15 is 0 Å². The SMILES string of the molecule is CCC(COC)NC(=O)NCC(O)c1ccco1. The van der Waals surface area contributed by atoms with Crippen molar-refractivity contribution >= 4 is 6.03 Å². The molecule has 0 aliphatic rings. The summed E-state index contributed by atoms with van der Waals surface area (Å²) in [6.45, 7) is 2.52. The molecule has 102 valence electrons. The number of aliphatic hydroxyl groups excluding tert-OH is 1. The Bertz CT molecular complexity index is 340. The topological polar surface area (TPSA) is 83.7 Å². The van der Waals surface area contributed by atoms with E-state index in [9.17, 15) is 9.90 Å². The van der Waals surface area contributed by atoms with Crippen molar-refractivity contribution in [3.8, 4) is 0 Å². The molecule has 18 heavy (non-hydrogen) atoms. The Kier molecular flexibility index (Phi) is 6.24. The number of ether oxygens (including phenoxy) is 1. The van der Waals surface area contributed by atoms with Crippen LogP contribution in [0.3, 0.4) is 0 Å². The molecular formula is C12H20N2O4. The van der Waals surface area contributed by atoms with Crippen molar-refractivity contribution < 1.29 is 19.1 Å². The second-order valence-corrected chi connectivity index (χ2v) is 3.95. The van der Waals surface area contributed by atoms with Gasteiger partial charge in [-0.2, -0.15) is 0 Å². The number of hydrogen-bond acceptors (Lipinski definition) is 4. The van der Waals surface area contributed by atoms with E-state index in [1.54, 1.807) is 19.2 Å². The first-order valence-corrected chi connectivity index (χ1v) is 5.92. The minimum atomic E-state index is -0.840. The van der Waals surface area contributed by atoms with Crippen molar-refractivity contribution in [1.82, 2.24) is 10.6 Å². The molecule has 1 heterocycles. The minimum absolute atomic E-state index is 0.0317. The molecule has 0 saturated carbocycles. The number of nitrogens with one attached hydrogen (secondary N) is 2. The Morgan fingerprint density at radius 2 is 2.39 bits per heavy atom. The average Bonchev–Trinajstić information content (AvgIpc) is 2.89. The zero-order valence-corrected chi connectivity index (χ0v) is 10.7. The van der Waals surface area contributed by atoms with Gasteiger partial charge in [-0.1, -0.05) is 6.92 Å². The summed E-state index contributed by atoms with van der Waals surface area (Å²) in [5.41, 5.74) is 0. The number of methoxy groups -OCH3 is 1. The van der Waals surface area contributed by atoms with Crippen LogP contribution in [0.25, 0.3) is 0 Å². The van der Waals surface area contributed by atoms with E-state index in [-0.39, 0.29) is 18.6 Å². The maximum absolute atomic E-state index is 11.5. The third-order valence-electron chi connectivity index (χ3n) is 2.52. The molecule has 0 fully saturated rings. The Morgan fingerprint density at radius 1 is 1.61 bits per heavy atom. The van der Waals surface area contributed by atoms with Crippen LogP contribution in [-0.2, 0) is 4.74 Å². The van der Waals surface area contributed by atoms with Crippen molar-refractivity contribution in [2.45, 2.75) is 25.5 Å². The van der Waals surface area contributed by atoms with Crippen molar-refractivity contribution in [1.29, 1.82) is 0 Å². The molecule has 2 unspecified atom stereocenters. The van der Waals surface area contributed by atoms with E-state index in [0.717, 1.165) is 6.42 Å². The summed E-state index contributed by atoms with van der Waals surface area (Å²) in [5, 5.41) is 15.0. The van der Waals surface area contributed by atoms with Crippen LogP contribution in [0, 0.1) is 0 Å². The largest absolute Gasteiger partial charge is 0.467 e. The van der Waals surface area contributed by atoms with Crippen LogP contribution in [0.1, 0.15) is 25.2 Å². The molecule has 0 aromatic carbocycles. The molecule has 2 amide bonds. The van der Waals surface area contributed by atoms with Gasteiger partial charge in [0.2, 0.25) is 0 Å². The Hall–Kier alpha value is -1.53. The number of furan rings is 1. The summed E-state index contributed by atoms with van der Waals surface area (Å²) >= 11 is 0. The Labute approximate surface area is 106 Å². The highest BCUT2D eigenvalue weighted by Gasteiger charge is 2.13. The third-order valence-corrected chi connectivity index (χ3v) is 2.52. The molecule has 3 N–H and O–H groups in total. The van der Waals surface area contributed by atoms with Gasteiger partial charge in [0, 0.05) is 7.11 Å². The molecule has 0 radical (unpaired) electrons. The van der Waals surface area contributed by atoms with Crippen LogP contribution in [0.5, 0.6) is 0 Å². The highest BCUT2D eigenvalue weighted by atomic mass is 16.5. The van der Waals surface area contributed by atoms with Gasteiger partial charge in [-0.25, -0.2) is 4.79 Å². The van der Waals surface area contributed by atoms with Gasteiger partial charge in [0.25, 0.3) is 0 Å². The van der Waals surface area contributed by atoms with E-state index in [1.807, 2.05) is 6.92 Å². The molecule has 0 aliphatic heterocycles. The Morgan fingerprint density at radius 3 is 2.94 bits per heavy atom. The number of hydrogen-bond donors (Lipinski definition) is 3. The van der Waals surface area contributed by atoms with Crippen LogP contribution in [-0.4, -0.2) is 37.4 Å². The van der Waals surface area contributed by atoms with E-state index in [1.165, 1.54) is 6.26 Å². The van der Waals surface area contributed by atoms with Crippen molar-refractivity contribution in [2.24, 2.45) is 0 Å². The van der Waals surface area contributed by atoms with E-state index in [0.29, 0.717) is 12.4 Å². The molecule has 0 spiro atoms. The molecule has 0 saturated heterocycles. The van der Waals surface area contributed by atoms with Gasteiger partial charge in [-0.05, 0) is 18.6 Å². The normalized spacial score (nSPS) is 13.9. The summed E-state index contributed by atoms with van der Waals surface area (Å²) in [4.78, 5) is 11.5. The van der Waals surface area contributed by atoms with Gasteiger partial charge in [-0.15, -0.1) is 0 Å². The Balaban J connectivity index is 2.28. The first-order valence-electron chi connectivity index (χ1n) is 5.92. The molecule has 0 bridgehead atoms. The standard InChI is InChI=1S/C12H20N2O4/c1-3-9(8-17-2)14-12(16)13-7-10(15)11-5-4-6-18-11/h4-6,9-10,15H,3,7-8H2,1-2H3,(H2,13,14,16). The summed E-state index contributed by atoms with van der Waals surface area (Å²) in [6, 6.07) is 2.98. The molecular weight excluding hydrogens is 236 g/mol. The van der Waals surface area contributed by atoms with Crippen molar-refractivity contribution in [3.63, 3.8) is 0 Å². The molecule has 0 aliphatic carbocycles. The van der Waals surface area contributed by atoms with Crippen LogP contribution in [0.2, 0.25) is 0 Å². The maximum Gasteiger partial charge on any atom is 0.315 e. The fraction of sp³-hybridized carbons (Fsp3) is 0.583. The predicted octanol–water partition coefficient (Wildman–Crippen LogP) is 1.04. The number of amides is 2. The lowest BCUT2D eigenvalue weighted by molar-refractivity contribution is 0.144. The lowest BCUT2D eigenvalue weighted by atomic mass is 10.2. The molecule has 1 aromatic rings. The summed E-state index contributed by atoms with van der Waals surface area (Å²) < 4.78 is 10.0. The van der Waals surface area contributed by atoms with Gasteiger partial charge in [-0.3, -0.25) is 0 Å².